The maximum Gasteiger partial charge on any atom is 0.300 e. The third kappa shape index (κ3) is 31.8. The van der Waals surface area contributed by atoms with E-state index < -0.39 is 5.97 Å². The predicted molar refractivity (Wildman–Crippen MR) is 83.4 cm³/mol. The van der Waals surface area contributed by atoms with Gasteiger partial charge in [-0.3, -0.25) is 4.79 Å². The number of nitrogens with two attached hydrogens (primary N) is 1. The summed E-state index contributed by atoms with van der Waals surface area (Å²) in [6.45, 7) is 5.46. The molecule has 3 heteroatoms. The molecule has 0 aromatic heterocycles. The Morgan fingerprint density at radius 1 is 0.947 bits per heavy atom. The molecule has 0 saturated carbocycles. The van der Waals surface area contributed by atoms with E-state index in [0.717, 1.165) is 6.92 Å². The number of rotatable bonds is 11. The maximum absolute atomic E-state index is 9.00. The van der Waals surface area contributed by atoms with E-state index in [0.29, 0.717) is 6.04 Å². The molecule has 0 aliphatic rings. The smallest absolute Gasteiger partial charge is 0.300 e. The van der Waals surface area contributed by atoms with E-state index in [9.17, 15) is 0 Å². The van der Waals surface area contributed by atoms with Gasteiger partial charge < -0.3 is 10.8 Å². The van der Waals surface area contributed by atoms with E-state index in [2.05, 4.69) is 13.8 Å². The van der Waals surface area contributed by atoms with Crippen LogP contribution in [-0.4, -0.2) is 17.1 Å². The quantitative estimate of drug-likeness (QED) is 0.535. The van der Waals surface area contributed by atoms with Gasteiger partial charge >= 0.3 is 0 Å². The number of hydrogen-bond acceptors (Lipinski definition) is 2. The third-order valence-corrected chi connectivity index (χ3v) is 3.01. The Hall–Kier alpha value is -0.570. The van der Waals surface area contributed by atoms with Crippen LogP contribution in [0.25, 0.3) is 0 Å². The van der Waals surface area contributed by atoms with E-state index >= 15 is 0 Å². The van der Waals surface area contributed by atoms with Gasteiger partial charge in [0, 0.05) is 13.0 Å². The second-order valence-corrected chi connectivity index (χ2v) is 5.47. The first-order valence-electron chi connectivity index (χ1n) is 7.95. The van der Waals surface area contributed by atoms with Crippen molar-refractivity contribution in [3.05, 3.63) is 0 Å². The molecule has 0 heterocycles. The van der Waals surface area contributed by atoms with Crippen LogP contribution in [0.4, 0.5) is 0 Å². The number of hydrogen-bond donors (Lipinski definition) is 2. The highest BCUT2D eigenvalue weighted by molar-refractivity contribution is 5.62. The number of unbranched alkanes of at least 4 members (excludes halogenated alkanes) is 9. The lowest BCUT2D eigenvalue weighted by atomic mass is 10.0. The Labute approximate surface area is 120 Å². The molecule has 3 N–H and O–H groups in total. The van der Waals surface area contributed by atoms with Crippen molar-refractivity contribution < 1.29 is 9.90 Å². The van der Waals surface area contributed by atoms with Crippen LogP contribution in [0.3, 0.4) is 0 Å². The minimum Gasteiger partial charge on any atom is -0.481 e. The summed E-state index contributed by atoms with van der Waals surface area (Å²) in [5.74, 6) is -0.833. The van der Waals surface area contributed by atoms with Crippen molar-refractivity contribution in [1.82, 2.24) is 0 Å². The standard InChI is InChI=1S/C14H31N.C2H4O2/c1-3-4-5-6-7-8-9-10-11-12-13-14(2)15;1-2(3)4/h14H,3-13,15H2,1-2H3;1H3,(H,3,4). The van der Waals surface area contributed by atoms with Gasteiger partial charge in [0.2, 0.25) is 0 Å². The van der Waals surface area contributed by atoms with Crippen LogP contribution >= 0.6 is 0 Å². The Balaban J connectivity index is 0. The minimum absolute atomic E-state index is 0.402. The molecule has 0 amide bonds. The van der Waals surface area contributed by atoms with Crippen LogP contribution in [0.1, 0.15) is 91.4 Å². The second-order valence-electron chi connectivity index (χ2n) is 5.47. The minimum atomic E-state index is -0.833. The molecule has 0 rings (SSSR count). The van der Waals surface area contributed by atoms with Crippen LogP contribution in [-0.2, 0) is 4.79 Å². The molecular formula is C16H35NO2. The van der Waals surface area contributed by atoms with Crippen LogP contribution in [0.2, 0.25) is 0 Å². The average molecular weight is 273 g/mol. The fraction of sp³-hybridized carbons (Fsp3) is 0.938. The van der Waals surface area contributed by atoms with Crippen molar-refractivity contribution in [2.45, 2.75) is 97.4 Å². The fourth-order valence-electron chi connectivity index (χ4n) is 1.95. The van der Waals surface area contributed by atoms with Gasteiger partial charge in [-0.1, -0.05) is 71.1 Å². The normalized spacial score (nSPS) is 11.6. The van der Waals surface area contributed by atoms with Gasteiger partial charge in [-0.05, 0) is 13.3 Å². The van der Waals surface area contributed by atoms with Gasteiger partial charge in [-0.25, -0.2) is 0 Å². The number of carboxylic acid groups (broad SMARTS) is 1. The van der Waals surface area contributed by atoms with Crippen LogP contribution in [0.15, 0.2) is 0 Å². The highest BCUT2D eigenvalue weighted by Crippen LogP contribution is 2.11. The number of carbonyl (C=O) groups is 1. The average Bonchev–Trinajstić information content (AvgIpc) is 2.30. The lowest BCUT2D eigenvalue weighted by molar-refractivity contribution is -0.134. The SMILES string of the molecule is CC(=O)O.CCCCCCCCCCCCC(C)N. The van der Waals surface area contributed by atoms with Crippen LogP contribution < -0.4 is 5.73 Å². The van der Waals surface area contributed by atoms with Gasteiger partial charge in [0.1, 0.15) is 0 Å². The summed E-state index contributed by atoms with van der Waals surface area (Å²) in [6.07, 6.45) is 15.3. The summed E-state index contributed by atoms with van der Waals surface area (Å²) in [7, 11) is 0. The molecule has 0 aromatic rings. The van der Waals surface area contributed by atoms with E-state index in [-0.39, 0.29) is 0 Å². The van der Waals surface area contributed by atoms with Gasteiger partial charge in [0.05, 0.1) is 0 Å². The maximum atomic E-state index is 9.00. The molecule has 19 heavy (non-hydrogen) atoms. The first kappa shape index (κ1) is 20.7. The molecule has 3 nitrogen and oxygen atoms in total. The van der Waals surface area contributed by atoms with Crippen molar-refractivity contribution in [2.24, 2.45) is 5.73 Å². The summed E-state index contributed by atoms with van der Waals surface area (Å²) >= 11 is 0. The number of carboxylic acids is 1. The van der Waals surface area contributed by atoms with Crippen molar-refractivity contribution in [3.63, 3.8) is 0 Å². The van der Waals surface area contributed by atoms with Gasteiger partial charge in [0.15, 0.2) is 0 Å². The molecule has 0 radical (unpaired) electrons. The molecule has 0 aromatic carbocycles. The molecule has 0 spiro atoms. The molecule has 1 unspecified atom stereocenters. The van der Waals surface area contributed by atoms with E-state index in [1.807, 2.05) is 0 Å². The highest BCUT2D eigenvalue weighted by Gasteiger charge is 1.95. The molecule has 0 aliphatic carbocycles. The molecule has 0 fully saturated rings. The van der Waals surface area contributed by atoms with E-state index in [4.69, 9.17) is 15.6 Å². The monoisotopic (exact) mass is 273 g/mol. The van der Waals surface area contributed by atoms with Crippen LogP contribution in [0.5, 0.6) is 0 Å². The summed E-state index contributed by atoms with van der Waals surface area (Å²) in [5, 5.41) is 7.42. The van der Waals surface area contributed by atoms with Crippen molar-refractivity contribution in [1.29, 1.82) is 0 Å². The predicted octanol–water partition coefficient (Wildman–Crippen LogP) is 4.74. The second kappa shape index (κ2) is 17.4. The van der Waals surface area contributed by atoms with Gasteiger partial charge in [0.25, 0.3) is 5.97 Å². The van der Waals surface area contributed by atoms with E-state index in [1.54, 1.807) is 0 Å². The zero-order chi connectivity index (χ0) is 14.9. The summed E-state index contributed by atoms with van der Waals surface area (Å²) in [5.41, 5.74) is 5.70. The molecule has 0 saturated heterocycles. The molecule has 1 atom stereocenters. The highest BCUT2D eigenvalue weighted by atomic mass is 16.4. The zero-order valence-electron chi connectivity index (χ0n) is 13.3. The molecule has 116 valence electrons. The molecule has 0 aliphatic heterocycles. The Morgan fingerprint density at radius 2 is 1.26 bits per heavy atom. The van der Waals surface area contributed by atoms with Crippen molar-refractivity contribution in [3.8, 4) is 0 Å². The summed E-state index contributed by atoms with van der Waals surface area (Å²) in [6, 6.07) is 0.402. The molecular weight excluding hydrogens is 238 g/mol. The third-order valence-electron chi connectivity index (χ3n) is 3.01. The Morgan fingerprint density at radius 3 is 1.58 bits per heavy atom. The summed E-state index contributed by atoms with van der Waals surface area (Å²) in [4.78, 5) is 9.00. The van der Waals surface area contributed by atoms with Gasteiger partial charge in [-0.2, -0.15) is 0 Å². The van der Waals surface area contributed by atoms with Crippen molar-refractivity contribution in [2.75, 3.05) is 0 Å². The topological polar surface area (TPSA) is 63.3 Å². The Bertz CT molecular complexity index is 178. The first-order chi connectivity index (χ1) is 9.00. The lowest BCUT2D eigenvalue weighted by Gasteiger charge is -2.04. The Kier molecular flexibility index (Phi) is 19.0. The van der Waals surface area contributed by atoms with Crippen LogP contribution in [0, 0.1) is 0 Å². The zero-order valence-corrected chi connectivity index (χ0v) is 13.3. The lowest BCUT2D eigenvalue weighted by Crippen LogP contribution is -2.13. The number of aliphatic carboxylic acids is 1. The molecule has 0 bridgehead atoms. The van der Waals surface area contributed by atoms with Crippen molar-refractivity contribution >= 4 is 5.97 Å². The first-order valence-corrected chi connectivity index (χ1v) is 7.95. The van der Waals surface area contributed by atoms with E-state index in [1.165, 1.54) is 70.6 Å². The largest absolute Gasteiger partial charge is 0.481 e. The fourth-order valence-corrected chi connectivity index (χ4v) is 1.95. The summed E-state index contributed by atoms with van der Waals surface area (Å²) < 4.78 is 0. The van der Waals surface area contributed by atoms with Gasteiger partial charge in [-0.15, -0.1) is 0 Å².